The van der Waals surface area contributed by atoms with Crippen molar-refractivity contribution in [3.63, 3.8) is 0 Å². The number of para-hydroxylation sites is 1. The average molecular weight is 247 g/mol. The Balaban J connectivity index is 2.16. The predicted octanol–water partition coefficient (Wildman–Crippen LogP) is 1.42. The van der Waals surface area contributed by atoms with Gasteiger partial charge in [0.05, 0.1) is 0 Å². The minimum atomic E-state index is -0.235. The molecule has 1 aliphatic heterocycles. The van der Waals surface area contributed by atoms with E-state index in [0.29, 0.717) is 19.0 Å². The molecule has 4 heteroatoms. The van der Waals surface area contributed by atoms with Gasteiger partial charge in [-0.3, -0.25) is 4.79 Å². The maximum atomic E-state index is 10.9. The van der Waals surface area contributed by atoms with Gasteiger partial charge in [0.1, 0.15) is 0 Å². The summed E-state index contributed by atoms with van der Waals surface area (Å²) < 4.78 is 0. The lowest BCUT2D eigenvalue weighted by Gasteiger charge is -2.36. The Hall–Kier alpha value is -1.55. The van der Waals surface area contributed by atoms with Gasteiger partial charge in [-0.2, -0.15) is 0 Å². The Morgan fingerprint density at radius 3 is 3.00 bits per heavy atom. The van der Waals surface area contributed by atoms with E-state index in [1.54, 1.807) is 0 Å². The molecule has 0 radical (unpaired) electrons. The highest BCUT2D eigenvalue weighted by Crippen LogP contribution is 2.33. The topological polar surface area (TPSA) is 58.4 Å². The Morgan fingerprint density at radius 2 is 2.28 bits per heavy atom. The third kappa shape index (κ3) is 2.82. The van der Waals surface area contributed by atoms with Crippen molar-refractivity contribution < 1.29 is 4.79 Å². The fourth-order valence-electron chi connectivity index (χ4n) is 2.57. The van der Waals surface area contributed by atoms with Crippen LogP contribution in [0.5, 0.6) is 0 Å². The van der Waals surface area contributed by atoms with Gasteiger partial charge in [-0.15, -0.1) is 0 Å². The molecular weight excluding hydrogens is 226 g/mol. The van der Waals surface area contributed by atoms with Crippen LogP contribution < -0.4 is 16.0 Å². The van der Waals surface area contributed by atoms with Gasteiger partial charge in [0.2, 0.25) is 5.91 Å². The summed E-state index contributed by atoms with van der Waals surface area (Å²) in [5.74, 6) is -0.235. The molecule has 0 spiro atoms. The number of primary amides is 1. The molecule has 2 rings (SSSR count). The molecule has 1 aliphatic rings. The number of benzene rings is 1. The van der Waals surface area contributed by atoms with Crippen molar-refractivity contribution in [3.05, 3.63) is 29.8 Å². The molecule has 1 amide bonds. The van der Waals surface area contributed by atoms with Crippen LogP contribution in [0.4, 0.5) is 5.69 Å². The van der Waals surface area contributed by atoms with Crippen LogP contribution in [0.15, 0.2) is 24.3 Å². The van der Waals surface area contributed by atoms with Crippen LogP contribution in [0.2, 0.25) is 0 Å². The molecule has 3 N–H and O–H groups in total. The lowest BCUT2D eigenvalue weighted by molar-refractivity contribution is -0.117. The van der Waals surface area contributed by atoms with Crippen molar-refractivity contribution in [1.82, 2.24) is 5.32 Å². The number of nitrogens with zero attached hydrogens (tertiary/aromatic N) is 1. The number of anilines is 1. The highest BCUT2D eigenvalue weighted by Gasteiger charge is 2.23. The van der Waals surface area contributed by atoms with E-state index in [9.17, 15) is 4.79 Å². The first kappa shape index (κ1) is 12.9. The SMILES string of the molecule is CCNC1CCN(CCC(N)=O)c2ccccc21. The molecule has 0 aliphatic carbocycles. The number of hydrogen-bond donors (Lipinski definition) is 2. The first-order chi connectivity index (χ1) is 8.72. The zero-order valence-electron chi connectivity index (χ0n) is 10.9. The molecule has 0 saturated carbocycles. The first-order valence-corrected chi connectivity index (χ1v) is 6.58. The van der Waals surface area contributed by atoms with E-state index in [4.69, 9.17) is 5.73 Å². The van der Waals surface area contributed by atoms with E-state index in [1.165, 1.54) is 11.3 Å². The molecule has 0 aromatic heterocycles. The number of fused-ring (bicyclic) bond motifs is 1. The standard InChI is InChI=1S/C14H21N3O/c1-2-16-12-7-9-17(10-8-14(15)18)13-6-4-3-5-11(12)13/h3-6,12,16H,2,7-10H2,1H3,(H2,15,18). The summed E-state index contributed by atoms with van der Waals surface area (Å²) in [6.07, 6.45) is 1.49. The molecule has 1 atom stereocenters. The third-order valence-electron chi connectivity index (χ3n) is 3.42. The van der Waals surface area contributed by atoms with Crippen LogP contribution in [0.3, 0.4) is 0 Å². The maximum Gasteiger partial charge on any atom is 0.219 e. The van der Waals surface area contributed by atoms with Crippen molar-refractivity contribution in [1.29, 1.82) is 0 Å². The van der Waals surface area contributed by atoms with Gasteiger partial charge in [0.25, 0.3) is 0 Å². The molecule has 98 valence electrons. The number of nitrogens with two attached hydrogens (primary N) is 1. The zero-order chi connectivity index (χ0) is 13.0. The summed E-state index contributed by atoms with van der Waals surface area (Å²) in [6.45, 7) is 4.79. The molecule has 0 bridgehead atoms. The molecule has 0 saturated heterocycles. The molecule has 1 aromatic rings. The quantitative estimate of drug-likeness (QED) is 0.827. The number of amides is 1. The molecule has 18 heavy (non-hydrogen) atoms. The predicted molar refractivity (Wildman–Crippen MR) is 73.5 cm³/mol. The molecule has 1 unspecified atom stereocenters. The number of nitrogens with one attached hydrogen (secondary N) is 1. The molecule has 1 aromatic carbocycles. The second-order valence-corrected chi connectivity index (χ2v) is 4.66. The highest BCUT2D eigenvalue weighted by molar-refractivity contribution is 5.74. The second kappa shape index (κ2) is 5.87. The van der Waals surface area contributed by atoms with Crippen LogP contribution >= 0.6 is 0 Å². The Bertz CT molecular complexity index is 419. The number of carbonyl (C=O) groups is 1. The van der Waals surface area contributed by atoms with Gasteiger partial charge in [-0.05, 0) is 24.6 Å². The molecule has 1 heterocycles. The summed E-state index contributed by atoms with van der Waals surface area (Å²) in [7, 11) is 0. The van der Waals surface area contributed by atoms with Crippen molar-refractivity contribution in [3.8, 4) is 0 Å². The molecule has 4 nitrogen and oxygen atoms in total. The number of rotatable bonds is 5. The highest BCUT2D eigenvalue weighted by atomic mass is 16.1. The fourth-order valence-corrected chi connectivity index (χ4v) is 2.57. The number of hydrogen-bond acceptors (Lipinski definition) is 3. The Labute approximate surface area is 108 Å². The second-order valence-electron chi connectivity index (χ2n) is 4.66. The van der Waals surface area contributed by atoms with Crippen LogP contribution in [-0.2, 0) is 4.79 Å². The number of carbonyl (C=O) groups excluding carboxylic acids is 1. The Kier molecular flexibility index (Phi) is 4.20. The summed E-state index contributed by atoms with van der Waals surface area (Å²) in [5, 5.41) is 3.51. The lowest BCUT2D eigenvalue weighted by Crippen LogP contribution is -2.37. The Morgan fingerprint density at radius 1 is 1.50 bits per heavy atom. The van der Waals surface area contributed by atoms with E-state index in [2.05, 4.69) is 35.3 Å². The van der Waals surface area contributed by atoms with Crippen LogP contribution in [0, 0.1) is 0 Å². The van der Waals surface area contributed by atoms with Crippen LogP contribution in [-0.4, -0.2) is 25.5 Å². The van der Waals surface area contributed by atoms with Crippen molar-refractivity contribution >= 4 is 11.6 Å². The zero-order valence-corrected chi connectivity index (χ0v) is 10.9. The van der Waals surface area contributed by atoms with Crippen LogP contribution in [0.1, 0.15) is 31.4 Å². The maximum absolute atomic E-state index is 10.9. The van der Waals surface area contributed by atoms with Crippen LogP contribution in [0.25, 0.3) is 0 Å². The first-order valence-electron chi connectivity index (χ1n) is 6.58. The minimum absolute atomic E-state index is 0.235. The van der Waals surface area contributed by atoms with E-state index < -0.39 is 0 Å². The van der Waals surface area contributed by atoms with Gasteiger partial charge in [-0.25, -0.2) is 0 Å². The third-order valence-corrected chi connectivity index (χ3v) is 3.42. The largest absolute Gasteiger partial charge is 0.371 e. The van der Waals surface area contributed by atoms with Gasteiger partial charge >= 0.3 is 0 Å². The smallest absolute Gasteiger partial charge is 0.219 e. The van der Waals surface area contributed by atoms with E-state index >= 15 is 0 Å². The summed E-state index contributed by atoms with van der Waals surface area (Å²) in [4.78, 5) is 13.2. The van der Waals surface area contributed by atoms with Gasteiger partial charge in [0, 0.05) is 31.2 Å². The lowest BCUT2D eigenvalue weighted by atomic mass is 9.96. The van der Waals surface area contributed by atoms with Gasteiger partial charge in [0.15, 0.2) is 0 Å². The van der Waals surface area contributed by atoms with Gasteiger partial charge in [-0.1, -0.05) is 25.1 Å². The summed E-state index contributed by atoms with van der Waals surface area (Å²) in [5.41, 5.74) is 7.79. The monoisotopic (exact) mass is 247 g/mol. The average Bonchev–Trinajstić information content (AvgIpc) is 2.38. The van der Waals surface area contributed by atoms with E-state index in [1.807, 2.05) is 6.07 Å². The normalized spacial score (nSPS) is 18.5. The van der Waals surface area contributed by atoms with Crippen molar-refractivity contribution in [2.45, 2.75) is 25.8 Å². The summed E-state index contributed by atoms with van der Waals surface area (Å²) >= 11 is 0. The van der Waals surface area contributed by atoms with Crippen molar-refractivity contribution in [2.75, 3.05) is 24.5 Å². The van der Waals surface area contributed by atoms with E-state index in [0.717, 1.165) is 19.5 Å². The van der Waals surface area contributed by atoms with E-state index in [-0.39, 0.29) is 5.91 Å². The minimum Gasteiger partial charge on any atom is -0.371 e. The fraction of sp³-hybridized carbons (Fsp3) is 0.500. The van der Waals surface area contributed by atoms with Gasteiger partial charge < -0.3 is 16.0 Å². The van der Waals surface area contributed by atoms with Crippen molar-refractivity contribution in [2.24, 2.45) is 5.73 Å². The molecular formula is C14H21N3O. The molecule has 0 fully saturated rings. The summed E-state index contributed by atoms with van der Waals surface area (Å²) in [6, 6.07) is 8.83.